The average molecular weight is 300 g/mol. The minimum atomic E-state index is -0.400. The minimum absolute atomic E-state index is 0.0824. The van der Waals surface area contributed by atoms with Gasteiger partial charge in [0.25, 0.3) is 5.69 Å². The van der Waals surface area contributed by atoms with Crippen LogP contribution in [-0.4, -0.2) is 18.5 Å². The van der Waals surface area contributed by atoms with Crippen LogP contribution in [0, 0.1) is 24.0 Å². The maximum Gasteiger partial charge on any atom is 0.269 e. The van der Waals surface area contributed by atoms with E-state index in [0.29, 0.717) is 6.54 Å². The molecular weight excluding hydrogens is 280 g/mol. The van der Waals surface area contributed by atoms with Crippen molar-refractivity contribution >= 4 is 5.69 Å². The van der Waals surface area contributed by atoms with Gasteiger partial charge in [0.2, 0.25) is 0 Å². The third-order valence-corrected chi connectivity index (χ3v) is 3.53. The highest BCUT2D eigenvalue weighted by molar-refractivity contribution is 5.41. The zero-order valence-corrected chi connectivity index (χ0v) is 13.0. The van der Waals surface area contributed by atoms with Crippen molar-refractivity contribution < 1.29 is 9.66 Å². The van der Waals surface area contributed by atoms with Crippen molar-refractivity contribution in [3.05, 3.63) is 69.3 Å². The topological polar surface area (TPSA) is 64.4 Å². The van der Waals surface area contributed by atoms with Gasteiger partial charge in [0.05, 0.1) is 4.92 Å². The lowest BCUT2D eigenvalue weighted by Crippen LogP contribution is -2.22. The number of ether oxygens (including phenoxy) is 1. The predicted molar refractivity (Wildman–Crippen MR) is 86.3 cm³/mol. The molecule has 1 atom stereocenters. The molecule has 1 N–H and O–H groups in total. The van der Waals surface area contributed by atoms with Crippen LogP contribution in [0.1, 0.15) is 22.8 Å². The summed E-state index contributed by atoms with van der Waals surface area (Å²) in [5.74, 6) is 0.862. The summed E-state index contributed by atoms with van der Waals surface area (Å²) >= 11 is 0. The fourth-order valence-corrected chi connectivity index (χ4v) is 2.35. The highest BCUT2D eigenvalue weighted by Gasteiger charge is 2.16. The first-order valence-electron chi connectivity index (χ1n) is 7.14. The maximum absolute atomic E-state index is 10.8. The fourth-order valence-electron chi connectivity index (χ4n) is 2.35. The Bertz CT molecular complexity index is 633. The van der Waals surface area contributed by atoms with Crippen LogP contribution in [0.2, 0.25) is 0 Å². The molecule has 0 heterocycles. The van der Waals surface area contributed by atoms with E-state index < -0.39 is 4.92 Å². The van der Waals surface area contributed by atoms with Gasteiger partial charge in [-0.2, -0.15) is 0 Å². The third-order valence-electron chi connectivity index (χ3n) is 3.53. The smallest absolute Gasteiger partial charge is 0.269 e. The molecular formula is C17H20N2O3. The second-order valence-electron chi connectivity index (χ2n) is 5.23. The number of nitrogens with one attached hydrogen (secondary N) is 1. The summed E-state index contributed by atoms with van der Waals surface area (Å²) in [7, 11) is 1.85. The van der Waals surface area contributed by atoms with E-state index in [9.17, 15) is 10.1 Å². The summed E-state index contributed by atoms with van der Waals surface area (Å²) in [5, 5.41) is 13.9. The number of nitrogens with zero attached hydrogens (tertiary/aromatic N) is 1. The SMILES string of the molecule is CNCC(Oc1c(C)cccc1C)c1ccc([N+](=O)[O-])cc1. The summed E-state index contributed by atoms with van der Waals surface area (Å²) in [6.07, 6.45) is -0.203. The number of rotatable bonds is 6. The van der Waals surface area contributed by atoms with Crippen LogP contribution in [0.3, 0.4) is 0 Å². The largest absolute Gasteiger partial charge is 0.484 e. The molecule has 0 spiro atoms. The molecule has 0 radical (unpaired) electrons. The fraction of sp³-hybridized carbons (Fsp3) is 0.294. The van der Waals surface area contributed by atoms with Crippen LogP contribution in [0.15, 0.2) is 42.5 Å². The van der Waals surface area contributed by atoms with Crippen LogP contribution in [0.25, 0.3) is 0 Å². The first-order chi connectivity index (χ1) is 10.5. The Hall–Kier alpha value is -2.40. The number of hydrogen-bond donors (Lipinski definition) is 1. The monoisotopic (exact) mass is 300 g/mol. The van der Waals surface area contributed by atoms with Crippen LogP contribution in [-0.2, 0) is 0 Å². The molecule has 1 unspecified atom stereocenters. The van der Waals surface area contributed by atoms with E-state index in [1.807, 2.05) is 39.1 Å². The molecule has 0 aliphatic rings. The molecule has 0 saturated carbocycles. The summed E-state index contributed by atoms with van der Waals surface area (Å²) in [4.78, 5) is 10.4. The molecule has 0 aliphatic carbocycles. The Morgan fingerprint density at radius 2 is 1.73 bits per heavy atom. The van der Waals surface area contributed by atoms with Gasteiger partial charge in [-0.3, -0.25) is 10.1 Å². The number of para-hydroxylation sites is 1. The van der Waals surface area contributed by atoms with E-state index in [4.69, 9.17) is 4.74 Å². The summed E-state index contributed by atoms with van der Waals surface area (Å²) < 4.78 is 6.17. The van der Waals surface area contributed by atoms with E-state index >= 15 is 0 Å². The van der Waals surface area contributed by atoms with Crippen molar-refractivity contribution in [2.24, 2.45) is 0 Å². The molecule has 0 bridgehead atoms. The van der Waals surface area contributed by atoms with Gasteiger partial charge in [-0.15, -0.1) is 0 Å². The summed E-state index contributed by atoms with van der Waals surface area (Å²) in [5.41, 5.74) is 3.13. The Morgan fingerprint density at radius 1 is 1.14 bits per heavy atom. The van der Waals surface area contributed by atoms with Gasteiger partial charge in [-0.25, -0.2) is 0 Å². The van der Waals surface area contributed by atoms with Crippen molar-refractivity contribution in [1.82, 2.24) is 5.32 Å². The standard InChI is InChI=1S/C17H20N2O3/c1-12-5-4-6-13(2)17(12)22-16(11-18-3)14-7-9-15(10-8-14)19(20)21/h4-10,16,18H,11H2,1-3H3. The lowest BCUT2D eigenvalue weighted by molar-refractivity contribution is -0.384. The van der Waals surface area contributed by atoms with Crippen molar-refractivity contribution in [1.29, 1.82) is 0 Å². The minimum Gasteiger partial charge on any atom is -0.484 e. The first kappa shape index (κ1) is 16.0. The lowest BCUT2D eigenvalue weighted by atomic mass is 10.1. The molecule has 2 rings (SSSR count). The molecule has 0 amide bonds. The number of aryl methyl sites for hydroxylation is 2. The normalized spacial score (nSPS) is 12.0. The van der Waals surface area contributed by atoms with E-state index in [2.05, 4.69) is 5.32 Å². The highest BCUT2D eigenvalue weighted by Crippen LogP contribution is 2.29. The van der Waals surface area contributed by atoms with Gasteiger partial charge in [-0.1, -0.05) is 18.2 Å². The van der Waals surface area contributed by atoms with Crippen LogP contribution in [0.5, 0.6) is 5.75 Å². The van der Waals surface area contributed by atoms with E-state index in [1.165, 1.54) is 12.1 Å². The molecule has 2 aromatic rings. The van der Waals surface area contributed by atoms with Gasteiger partial charge < -0.3 is 10.1 Å². The number of likely N-dealkylation sites (N-methyl/N-ethyl adjacent to an activating group) is 1. The van der Waals surface area contributed by atoms with E-state index in [0.717, 1.165) is 22.4 Å². The zero-order chi connectivity index (χ0) is 16.1. The van der Waals surface area contributed by atoms with Gasteiger partial charge in [0.1, 0.15) is 11.9 Å². The van der Waals surface area contributed by atoms with Crippen LogP contribution < -0.4 is 10.1 Å². The molecule has 116 valence electrons. The first-order valence-corrected chi connectivity index (χ1v) is 7.14. The van der Waals surface area contributed by atoms with Gasteiger partial charge in [0.15, 0.2) is 0 Å². The number of nitro benzene ring substituents is 1. The Kier molecular flexibility index (Phi) is 5.12. The van der Waals surface area contributed by atoms with E-state index in [-0.39, 0.29) is 11.8 Å². The summed E-state index contributed by atoms with van der Waals surface area (Å²) in [6, 6.07) is 12.5. The Balaban J connectivity index is 2.28. The molecule has 5 heteroatoms. The second-order valence-corrected chi connectivity index (χ2v) is 5.23. The van der Waals surface area contributed by atoms with Gasteiger partial charge in [0, 0.05) is 18.7 Å². The Morgan fingerprint density at radius 3 is 2.23 bits per heavy atom. The Labute approximate surface area is 130 Å². The summed E-state index contributed by atoms with van der Waals surface area (Å²) in [6.45, 7) is 4.63. The average Bonchev–Trinajstić information content (AvgIpc) is 2.50. The highest BCUT2D eigenvalue weighted by atomic mass is 16.6. The molecule has 2 aromatic carbocycles. The molecule has 0 aliphatic heterocycles. The molecule has 0 saturated heterocycles. The van der Waals surface area contributed by atoms with Crippen LogP contribution >= 0.6 is 0 Å². The van der Waals surface area contributed by atoms with Crippen LogP contribution in [0.4, 0.5) is 5.69 Å². The maximum atomic E-state index is 10.8. The molecule has 0 aromatic heterocycles. The van der Waals surface area contributed by atoms with Gasteiger partial charge >= 0.3 is 0 Å². The number of nitro groups is 1. The number of non-ortho nitro benzene ring substituents is 1. The van der Waals surface area contributed by atoms with Crippen molar-refractivity contribution in [3.8, 4) is 5.75 Å². The lowest BCUT2D eigenvalue weighted by Gasteiger charge is -2.22. The van der Waals surface area contributed by atoms with Crippen molar-refractivity contribution in [3.63, 3.8) is 0 Å². The second kappa shape index (κ2) is 7.04. The van der Waals surface area contributed by atoms with E-state index in [1.54, 1.807) is 12.1 Å². The number of hydrogen-bond acceptors (Lipinski definition) is 4. The zero-order valence-electron chi connectivity index (χ0n) is 13.0. The predicted octanol–water partition coefficient (Wildman–Crippen LogP) is 3.55. The quantitative estimate of drug-likeness (QED) is 0.654. The molecule has 0 fully saturated rings. The van der Waals surface area contributed by atoms with Gasteiger partial charge in [-0.05, 0) is 49.7 Å². The molecule has 5 nitrogen and oxygen atoms in total. The third kappa shape index (κ3) is 3.62. The van der Waals surface area contributed by atoms with Crippen molar-refractivity contribution in [2.45, 2.75) is 20.0 Å². The molecule has 22 heavy (non-hydrogen) atoms. The number of benzene rings is 2. The van der Waals surface area contributed by atoms with Crippen molar-refractivity contribution in [2.75, 3.05) is 13.6 Å².